The highest BCUT2D eigenvalue weighted by molar-refractivity contribution is 5.34. The van der Waals surface area contributed by atoms with Crippen LogP contribution in [0.1, 0.15) is 30.0 Å². The molecule has 1 unspecified atom stereocenters. The first-order chi connectivity index (χ1) is 10.8. The highest BCUT2D eigenvalue weighted by Gasteiger charge is 2.39. The Kier molecular flexibility index (Phi) is 4.19. The van der Waals surface area contributed by atoms with Crippen LogP contribution in [0.4, 0.5) is 0 Å². The lowest BCUT2D eigenvalue weighted by Gasteiger charge is -2.33. The SMILES string of the molecule is N#CC1CC[C@@H](C#N)N1C(c1ccccc1)c1ccccc1. The third-order valence-electron chi connectivity index (χ3n) is 4.26. The van der Waals surface area contributed by atoms with Crippen LogP contribution < -0.4 is 0 Å². The van der Waals surface area contributed by atoms with E-state index in [0.29, 0.717) is 0 Å². The molecule has 1 aliphatic rings. The van der Waals surface area contributed by atoms with Crippen molar-refractivity contribution in [3.8, 4) is 12.1 Å². The van der Waals surface area contributed by atoms with Crippen molar-refractivity contribution in [3.63, 3.8) is 0 Å². The second kappa shape index (κ2) is 6.43. The van der Waals surface area contributed by atoms with Crippen LogP contribution in [0.5, 0.6) is 0 Å². The van der Waals surface area contributed by atoms with E-state index in [0.717, 1.165) is 24.0 Å². The van der Waals surface area contributed by atoms with E-state index in [2.05, 4.69) is 41.3 Å². The van der Waals surface area contributed by atoms with Gasteiger partial charge in [-0.2, -0.15) is 10.5 Å². The van der Waals surface area contributed by atoms with Crippen molar-refractivity contribution in [2.75, 3.05) is 0 Å². The summed E-state index contributed by atoms with van der Waals surface area (Å²) in [7, 11) is 0. The number of nitriles is 2. The van der Waals surface area contributed by atoms with Gasteiger partial charge >= 0.3 is 0 Å². The quantitative estimate of drug-likeness (QED) is 0.865. The lowest BCUT2D eigenvalue weighted by molar-refractivity contribution is 0.207. The van der Waals surface area contributed by atoms with Crippen molar-refractivity contribution in [2.45, 2.75) is 31.0 Å². The Bertz CT molecular complexity index is 635. The number of hydrogen-bond acceptors (Lipinski definition) is 3. The molecule has 1 fully saturated rings. The van der Waals surface area contributed by atoms with E-state index in [-0.39, 0.29) is 18.1 Å². The molecule has 0 aromatic heterocycles. The van der Waals surface area contributed by atoms with Gasteiger partial charge < -0.3 is 0 Å². The molecule has 0 bridgehead atoms. The van der Waals surface area contributed by atoms with E-state index >= 15 is 0 Å². The van der Waals surface area contributed by atoms with E-state index in [9.17, 15) is 10.5 Å². The van der Waals surface area contributed by atoms with Gasteiger partial charge in [0.2, 0.25) is 0 Å². The van der Waals surface area contributed by atoms with Crippen molar-refractivity contribution in [1.82, 2.24) is 4.90 Å². The normalized spacial score (nSPS) is 21.4. The van der Waals surface area contributed by atoms with Gasteiger partial charge in [0.05, 0.1) is 30.3 Å². The minimum absolute atomic E-state index is 0.0563. The number of benzene rings is 2. The van der Waals surface area contributed by atoms with Crippen molar-refractivity contribution >= 4 is 0 Å². The van der Waals surface area contributed by atoms with Crippen LogP contribution in [0, 0.1) is 22.7 Å². The molecule has 0 radical (unpaired) electrons. The second-order valence-corrected chi connectivity index (χ2v) is 5.54. The maximum Gasteiger partial charge on any atom is 0.0996 e. The molecular weight excluding hydrogens is 270 g/mol. The Morgan fingerprint density at radius 1 is 0.773 bits per heavy atom. The van der Waals surface area contributed by atoms with Gasteiger partial charge in [0.25, 0.3) is 0 Å². The van der Waals surface area contributed by atoms with Crippen LogP contribution in [-0.4, -0.2) is 17.0 Å². The van der Waals surface area contributed by atoms with Crippen molar-refractivity contribution < 1.29 is 0 Å². The van der Waals surface area contributed by atoms with E-state index in [4.69, 9.17) is 0 Å². The molecule has 1 heterocycles. The first-order valence-electron chi connectivity index (χ1n) is 7.51. The fraction of sp³-hybridized carbons (Fsp3) is 0.263. The summed E-state index contributed by atoms with van der Waals surface area (Å²) in [6.45, 7) is 0. The van der Waals surface area contributed by atoms with Gasteiger partial charge in [0.1, 0.15) is 0 Å². The number of likely N-dealkylation sites (tertiary alicyclic amines) is 1. The summed E-state index contributed by atoms with van der Waals surface area (Å²) in [4.78, 5) is 2.07. The Labute approximate surface area is 131 Å². The maximum absolute atomic E-state index is 9.49. The molecule has 108 valence electrons. The molecule has 2 aromatic rings. The molecule has 3 nitrogen and oxygen atoms in total. The zero-order valence-electron chi connectivity index (χ0n) is 12.3. The summed E-state index contributed by atoms with van der Waals surface area (Å²) < 4.78 is 0. The molecule has 2 aromatic carbocycles. The summed E-state index contributed by atoms with van der Waals surface area (Å²) in [6.07, 6.45) is 1.51. The Morgan fingerprint density at radius 2 is 1.18 bits per heavy atom. The Balaban J connectivity index is 2.10. The van der Waals surface area contributed by atoms with Crippen LogP contribution >= 0.6 is 0 Å². The van der Waals surface area contributed by atoms with E-state index in [1.807, 2.05) is 36.4 Å². The van der Waals surface area contributed by atoms with Gasteiger partial charge in [-0.25, -0.2) is 0 Å². The zero-order valence-corrected chi connectivity index (χ0v) is 12.3. The minimum Gasteiger partial charge on any atom is -0.261 e. The summed E-state index contributed by atoms with van der Waals surface area (Å²) in [5.41, 5.74) is 2.24. The predicted molar refractivity (Wildman–Crippen MR) is 84.6 cm³/mol. The van der Waals surface area contributed by atoms with E-state index < -0.39 is 0 Å². The third-order valence-corrected chi connectivity index (χ3v) is 4.26. The van der Waals surface area contributed by atoms with Crippen molar-refractivity contribution in [3.05, 3.63) is 71.8 Å². The lowest BCUT2D eigenvalue weighted by atomic mass is 9.95. The van der Waals surface area contributed by atoms with Gasteiger partial charge in [-0.3, -0.25) is 4.90 Å². The highest BCUT2D eigenvalue weighted by atomic mass is 15.2. The van der Waals surface area contributed by atoms with Crippen molar-refractivity contribution in [2.24, 2.45) is 0 Å². The molecular formula is C19H17N3. The molecule has 0 N–H and O–H groups in total. The van der Waals surface area contributed by atoms with Crippen LogP contribution in [-0.2, 0) is 0 Å². The topological polar surface area (TPSA) is 50.8 Å². The largest absolute Gasteiger partial charge is 0.261 e. The Hall–Kier alpha value is -2.62. The van der Waals surface area contributed by atoms with Gasteiger partial charge in [-0.15, -0.1) is 0 Å². The molecule has 1 saturated heterocycles. The molecule has 1 aliphatic heterocycles. The fourth-order valence-corrected chi connectivity index (χ4v) is 3.26. The summed E-state index contributed by atoms with van der Waals surface area (Å²) >= 11 is 0. The number of rotatable bonds is 3. The zero-order chi connectivity index (χ0) is 15.4. The highest BCUT2D eigenvalue weighted by Crippen LogP contribution is 2.37. The average molecular weight is 287 g/mol. The van der Waals surface area contributed by atoms with Gasteiger partial charge in [0.15, 0.2) is 0 Å². The molecule has 0 spiro atoms. The van der Waals surface area contributed by atoms with Gasteiger partial charge in [0, 0.05) is 0 Å². The van der Waals surface area contributed by atoms with E-state index in [1.165, 1.54) is 0 Å². The molecule has 22 heavy (non-hydrogen) atoms. The minimum atomic E-state index is -0.213. The van der Waals surface area contributed by atoms with Crippen molar-refractivity contribution in [1.29, 1.82) is 10.5 Å². The summed E-state index contributed by atoms with van der Waals surface area (Å²) in [5.74, 6) is 0. The first-order valence-corrected chi connectivity index (χ1v) is 7.51. The number of hydrogen-bond donors (Lipinski definition) is 0. The van der Waals surface area contributed by atoms with Crippen LogP contribution in [0.15, 0.2) is 60.7 Å². The smallest absolute Gasteiger partial charge is 0.0996 e. The standard InChI is InChI=1S/C19H17N3/c20-13-17-11-12-18(14-21)22(17)19(15-7-3-1-4-8-15)16-9-5-2-6-10-16/h1-10,17-19H,11-12H2/t17-,18?/m0/s1. The van der Waals surface area contributed by atoms with Crippen LogP contribution in [0.3, 0.4) is 0 Å². The third kappa shape index (κ3) is 2.60. The second-order valence-electron chi connectivity index (χ2n) is 5.54. The molecule has 3 rings (SSSR count). The lowest BCUT2D eigenvalue weighted by Crippen LogP contribution is -2.38. The summed E-state index contributed by atoms with van der Waals surface area (Å²) in [6, 6.07) is 24.5. The van der Waals surface area contributed by atoms with Crippen LogP contribution in [0.2, 0.25) is 0 Å². The number of nitrogens with zero attached hydrogens (tertiary/aromatic N) is 3. The molecule has 3 heteroatoms. The average Bonchev–Trinajstić information content (AvgIpc) is 3.00. The maximum atomic E-state index is 9.49. The first kappa shape index (κ1) is 14.3. The molecule has 0 amide bonds. The van der Waals surface area contributed by atoms with Gasteiger partial charge in [-0.1, -0.05) is 60.7 Å². The Morgan fingerprint density at radius 3 is 1.55 bits per heavy atom. The molecule has 0 saturated carbocycles. The van der Waals surface area contributed by atoms with Crippen LogP contribution in [0.25, 0.3) is 0 Å². The monoisotopic (exact) mass is 287 g/mol. The molecule has 2 atom stereocenters. The molecule has 0 aliphatic carbocycles. The van der Waals surface area contributed by atoms with E-state index in [1.54, 1.807) is 0 Å². The fourth-order valence-electron chi connectivity index (χ4n) is 3.26. The predicted octanol–water partition coefficient (Wildman–Crippen LogP) is 3.66. The summed E-state index contributed by atoms with van der Waals surface area (Å²) in [5, 5.41) is 19.0. The van der Waals surface area contributed by atoms with Gasteiger partial charge in [-0.05, 0) is 24.0 Å².